The third kappa shape index (κ3) is 4.05. The second-order valence-electron chi connectivity index (χ2n) is 6.40. The highest BCUT2D eigenvalue weighted by molar-refractivity contribution is 5.62. The summed E-state index contributed by atoms with van der Waals surface area (Å²) >= 11 is 0. The first-order valence-electron chi connectivity index (χ1n) is 8.50. The van der Waals surface area contributed by atoms with Crippen molar-refractivity contribution in [1.82, 2.24) is 19.6 Å². The van der Waals surface area contributed by atoms with Gasteiger partial charge in [0, 0.05) is 36.4 Å². The fourth-order valence-electron chi connectivity index (χ4n) is 2.74. The number of alkyl halides is 2. The normalized spacial score (nSPS) is 11.7. The minimum Gasteiger partial charge on any atom is -0.419 e. The van der Waals surface area contributed by atoms with E-state index in [2.05, 4.69) is 10.2 Å². The molecule has 10 heteroatoms. The van der Waals surface area contributed by atoms with Gasteiger partial charge in [0.15, 0.2) is 5.58 Å². The molecule has 0 radical (unpaired) electrons. The molecule has 0 amide bonds. The second kappa shape index (κ2) is 6.97. The highest BCUT2D eigenvalue weighted by Gasteiger charge is 2.24. The molecule has 8 nitrogen and oxygen atoms in total. The van der Waals surface area contributed by atoms with E-state index in [1.165, 1.54) is 29.2 Å². The van der Waals surface area contributed by atoms with Gasteiger partial charge in [0.2, 0.25) is 0 Å². The Morgan fingerprint density at radius 2 is 1.86 bits per heavy atom. The number of benzene rings is 1. The molecular formula is C19H14F2N4O4. The molecule has 1 aromatic carbocycles. The number of hydrogen-bond donors (Lipinski definition) is 0. The van der Waals surface area contributed by atoms with Crippen molar-refractivity contribution in [3.05, 3.63) is 87.1 Å². The van der Waals surface area contributed by atoms with Crippen LogP contribution in [0.2, 0.25) is 0 Å². The van der Waals surface area contributed by atoms with Gasteiger partial charge in [-0.3, -0.25) is 4.68 Å². The third-order valence-electron chi connectivity index (χ3n) is 4.13. The summed E-state index contributed by atoms with van der Waals surface area (Å²) in [6.07, 6.45) is 4.44. The molecule has 4 aromatic rings. The lowest BCUT2D eigenvalue weighted by Crippen LogP contribution is -2.06. The molecule has 2 bridgehead atoms. The van der Waals surface area contributed by atoms with E-state index in [0.29, 0.717) is 16.8 Å². The lowest BCUT2D eigenvalue weighted by atomic mass is 10.0. The number of hydrogen-bond acceptors (Lipinski definition) is 6. The molecule has 0 aliphatic heterocycles. The van der Waals surface area contributed by atoms with E-state index in [4.69, 9.17) is 8.94 Å². The zero-order chi connectivity index (χ0) is 20.6. The Bertz CT molecular complexity index is 1330. The Labute approximate surface area is 161 Å². The summed E-state index contributed by atoms with van der Waals surface area (Å²) in [6, 6.07) is 7.91. The molecule has 0 atom stereocenters. The minimum absolute atomic E-state index is 0.0972. The van der Waals surface area contributed by atoms with Gasteiger partial charge in [-0.05, 0) is 11.6 Å². The van der Waals surface area contributed by atoms with Crippen molar-refractivity contribution < 1.29 is 17.7 Å². The lowest BCUT2D eigenvalue weighted by Gasteiger charge is -2.11. The summed E-state index contributed by atoms with van der Waals surface area (Å²) in [7, 11) is 0. The predicted molar refractivity (Wildman–Crippen MR) is 97.4 cm³/mol. The molecule has 0 N–H and O–H groups in total. The van der Waals surface area contributed by atoms with Gasteiger partial charge in [0.05, 0.1) is 12.7 Å². The molecule has 0 saturated heterocycles. The summed E-state index contributed by atoms with van der Waals surface area (Å²) in [5.74, 6) is -2.95. The van der Waals surface area contributed by atoms with Crippen LogP contribution in [0.1, 0.15) is 18.2 Å². The van der Waals surface area contributed by atoms with Gasteiger partial charge in [0.25, 0.3) is 5.92 Å². The number of rotatable bonds is 4. The molecule has 0 aliphatic rings. The van der Waals surface area contributed by atoms with E-state index in [9.17, 15) is 18.4 Å². The van der Waals surface area contributed by atoms with Crippen LogP contribution in [-0.2, 0) is 12.5 Å². The standard InChI is InChI=1S/C19H14F2N4O4/c1-19(20,21)14-4-2-3-12(7-14)13-8-22-24(9-13)10-15-16-11-25(23-15)29-18(27)6-5-17(26)28-16/h2-9,11H,10H2,1H3. The molecule has 0 spiro atoms. The quantitative estimate of drug-likeness (QED) is 0.523. The lowest BCUT2D eigenvalue weighted by molar-refractivity contribution is 0.0175. The second-order valence-corrected chi connectivity index (χ2v) is 6.40. The fourth-order valence-corrected chi connectivity index (χ4v) is 2.74. The number of aromatic nitrogens is 4. The summed E-state index contributed by atoms with van der Waals surface area (Å²) in [5.41, 5.74) is -0.00369. The van der Waals surface area contributed by atoms with Gasteiger partial charge < -0.3 is 8.94 Å². The first-order chi connectivity index (χ1) is 13.8. The molecule has 0 fully saturated rings. The minimum atomic E-state index is -2.95. The number of halogens is 2. The van der Waals surface area contributed by atoms with Crippen molar-refractivity contribution in [3.63, 3.8) is 0 Å². The van der Waals surface area contributed by atoms with Crippen molar-refractivity contribution >= 4 is 5.58 Å². The van der Waals surface area contributed by atoms with Crippen molar-refractivity contribution in [3.8, 4) is 11.1 Å². The van der Waals surface area contributed by atoms with Crippen LogP contribution in [0.5, 0.6) is 0 Å². The maximum atomic E-state index is 13.6. The van der Waals surface area contributed by atoms with Gasteiger partial charge in [-0.15, -0.1) is 5.10 Å². The Morgan fingerprint density at radius 3 is 2.66 bits per heavy atom. The zero-order valence-corrected chi connectivity index (χ0v) is 15.1. The molecule has 3 aromatic heterocycles. The van der Waals surface area contributed by atoms with Gasteiger partial charge in [-0.2, -0.15) is 5.10 Å². The molecule has 0 aliphatic carbocycles. The first-order valence-corrected chi connectivity index (χ1v) is 8.50. The highest BCUT2D eigenvalue weighted by Crippen LogP contribution is 2.30. The number of fused-ring (bicyclic) bond motifs is 2. The molecule has 0 unspecified atom stereocenters. The maximum Gasteiger partial charge on any atom is 0.358 e. The summed E-state index contributed by atoms with van der Waals surface area (Å²) in [6.45, 7) is 0.937. The number of nitrogens with zero attached hydrogens (tertiary/aromatic N) is 4. The molecule has 148 valence electrons. The van der Waals surface area contributed by atoms with E-state index < -0.39 is 17.2 Å². The summed E-state index contributed by atoms with van der Waals surface area (Å²) in [5, 5.41) is 8.27. The summed E-state index contributed by atoms with van der Waals surface area (Å²) in [4.78, 5) is 23.2. The smallest absolute Gasteiger partial charge is 0.358 e. The fraction of sp³-hybridized carbons (Fsp3) is 0.158. The van der Waals surface area contributed by atoms with Crippen molar-refractivity contribution in [2.75, 3.05) is 0 Å². The average molecular weight is 400 g/mol. The van der Waals surface area contributed by atoms with Crippen LogP contribution >= 0.6 is 0 Å². The predicted octanol–water partition coefficient (Wildman–Crippen LogP) is 2.83. The van der Waals surface area contributed by atoms with E-state index >= 15 is 0 Å². The molecule has 3 heterocycles. The molecule has 4 rings (SSSR count). The Morgan fingerprint density at radius 1 is 1.07 bits per heavy atom. The van der Waals surface area contributed by atoms with E-state index in [1.54, 1.807) is 18.3 Å². The van der Waals surface area contributed by atoms with Crippen LogP contribution in [0.3, 0.4) is 0 Å². The van der Waals surface area contributed by atoms with Crippen LogP contribution in [-0.4, -0.2) is 19.6 Å². The largest absolute Gasteiger partial charge is 0.419 e. The van der Waals surface area contributed by atoms with Crippen LogP contribution < -0.4 is 11.3 Å². The maximum absolute atomic E-state index is 13.6. The van der Waals surface area contributed by atoms with E-state index in [1.807, 2.05) is 0 Å². The van der Waals surface area contributed by atoms with Crippen LogP contribution in [0.4, 0.5) is 8.78 Å². The van der Waals surface area contributed by atoms with Crippen molar-refractivity contribution in [2.24, 2.45) is 0 Å². The van der Waals surface area contributed by atoms with Gasteiger partial charge >= 0.3 is 11.3 Å². The third-order valence-corrected chi connectivity index (χ3v) is 4.13. The SMILES string of the molecule is CC(F)(F)c1cccc(-c2cnn(Cc3nn4cc3oc(=O)ccc(=O)o4)c2)c1. The zero-order valence-electron chi connectivity index (χ0n) is 15.1. The van der Waals surface area contributed by atoms with Gasteiger partial charge in [0.1, 0.15) is 11.9 Å². The Kier molecular flexibility index (Phi) is 4.45. The van der Waals surface area contributed by atoms with Crippen molar-refractivity contribution in [2.45, 2.75) is 19.4 Å². The van der Waals surface area contributed by atoms with Crippen molar-refractivity contribution in [1.29, 1.82) is 0 Å². The monoisotopic (exact) mass is 400 g/mol. The molecule has 0 saturated carbocycles. The average Bonchev–Trinajstić information content (AvgIpc) is 3.28. The summed E-state index contributed by atoms with van der Waals surface area (Å²) < 4.78 is 39.6. The van der Waals surface area contributed by atoms with Gasteiger partial charge in [-0.1, -0.05) is 22.9 Å². The highest BCUT2D eigenvalue weighted by atomic mass is 19.3. The van der Waals surface area contributed by atoms with Crippen LogP contribution in [0, 0.1) is 0 Å². The van der Waals surface area contributed by atoms with Gasteiger partial charge in [-0.25, -0.2) is 18.4 Å². The molecule has 29 heavy (non-hydrogen) atoms. The molecular weight excluding hydrogens is 386 g/mol. The van der Waals surface area contributed by atoms with E-state index in [-0.39, 0.29) is 17.7 Å². The Hall–Kier alpha value is -3.82. The topological polar surface area (TPSA) is 95.5 Å². The van der Waals surface area contributed by atoms with E-state index in [0.717, 1.165) is 23.7 Å². The first kappa shape index (κ1) is 18.5. The van der Waals surface area contributed by atoms with Crippen LogP contribution in [0.15, 0.2) is 73.5 Å². The van der Waals surface area contributed by atoms with Crippen LogP contribution in [0.25, 0.3) is 16.7 Å². The Balaban J connectivity index is 1.69.